The van der Waals surface area contributed by atoms with E-state index in [2.05, 4.69) is 19.2 Å². The molecule has 22 heavy (non-hydrogen) atoms. The van der Waals surface area contributed by atoms with Gasteiger partial charge in [0.25, 0.3) is 5.91 Å². The molecular formula is C17H22N2O2S. The second-order valence-electron chi connectivity index (χ2n) is 6.62. The highest BCUT2D eigenvalue weighted by atomic mass is 32.2. The lowest BCUT2D eigenvalue weighted by Gasteiger charge is -2.35. The molecule has 0 bridgehead atoms. The Morgan fingerprint density at radius 3 is 2.59 bits per heavy atom. The van der Waals surface area contributed by atoms with Crippen LogP contribution in [-0.2, 0) is 4.79 Å². The van der Waals surface area contributed by atoms with Crippen LogP contribution in [0, 0.1) is 11.8 Å². The summed E-state index contributed by atoms with van der Waals surface area (Å²) in [6.07, 6.45) is 1.18. The Morgan fingerprint density at radius 2 is 1.91 bits per heavy atom. The third-order valence-electron chi connectivity index (χ3n) is 4.31. The number of nitrogens with zero attached hydrogens (tertiary/aromatic N) is 1. The van der Waals surface area contributed by atoms with E-state index in [1.54, 1.807) is 0 Å². The van der Waals surface area contributed by atoms with E-state index >= 15 is 0 Å². The Kier molecular flexibility index (Phi) is 4.17. The van der Waals surface area contributed by atoms with E-state index in [4.69, 9.17) is 0 Å². The first kappa shape index (κ1) is 15.4. The second kappa shape index (κ2) is 5.95. The van der Waals surface area contributed by atoms with E-state index in [0.29, 0.717) is 17.4 Å². The number of fused-ring (bicyclic) bond motifs is 1. The Labute approximate surface area is 135 Å². The summed E-state index contributed by atoms with van der Waals surface area (Å²) in [5.74, 6) is 1.16. The summed E-state index contributed by atoms with van der Waals surface area (Å²) in [5, 5.41) is 2.81. The van der Waals surface area contributed by atoms with Crippen LogP contribution >= 0.6 is 11.8 Å². The summed E-state index contributed by atoms with van der Waals surface area (Å²) < 4.78 is 0. The van der Waals surface area contributed by atoms with Crippen molar-refractivity contribution in [1.29, 1.82) is 0 Å². The van der Waals surface area contributed by atoms with Gasteiger partial charge in [0.1, 0.15) is 0 Å². The van der Waals surface area contributed by atoms with Gasteiger partial charge in [0.05, 0.1) is 10.9 Å². The number of likely N-dealkylation sites (tertiary alicyclic amines) is 1. The number of hydrogen-bond acceptors (Lipinski definition) is 3. The van der Waals surface area contributed by atoms with Gasteiger partial charge in [-0.3, -0.25) is 9.59 Å². The average Bonchev–Trinajstić information content (AvgIpc) is 2.46. The fourth-order valence-electron chi connectivity index (χ4n) is 3.35. The topological polar surface area (TPSA) is 49.4 Å². The van der Waals surface area contributed by atoms with Gasteiger partial charge in [-0.15, -0.1) is 11.8 Å². The van der Waals surface area contributed by atoms with E-state index in [1.807, 2.05) is 30.0 Å². The molecule has 0 aromatic heterocycles. The smallest absolute Gasteiger partial charge is 0.253 e. The van der Waals surface area contributed by atoms with Gasteiger partial charge in [-0.05, 0) is 43.4 Å². The Morgan fingerprint density at radius 1 is 1.23 bits per heavy atom. The van der Waals surface area contributed by atoms with Crippen molar-refractivity contribution in [3.63, 3.8) is 0 Å². The summed E-state index contributed by atoms with van der Waals surface area (Å²) in [6, 6.07) is 5.64. The van der Waals surface area contributed by atoms with Crippen LogP contribution in [0.4, 0.5) is 5.69 Å². The van der Waals surface area contributed by atoms with Gasteiger partial charge in [-0.2, -0.15) is 0 Å². The molecule has 5 heteroatoms. The number of carbonyl (C=O) groups is 2. The highest BCUT2D eigenvalue weighted by Crippen LogP contribution is 2.36. The van der Waals surface area contributed by atoms with Crippen molar-refractivity contribution in [2.75, 3.05) is 18.4 Å². The highest BCUT2D eigenvalue weighted by molar-refractivity contribution is 8.00. The summed E-state index contributed by atoms with van der Waals surface area (Å²) >= 11 is 1.54. The van der Waals surface area contributed by atoms with Crippen molar-refractivity contribution in [3.05, 3.63) is 23.8 Å². The van der Waals surface area contributed by atoms with Crippen molar-refractivity contribution in [3.8, 4) is 0 Å². The lowest BCUT2D eigenvalue weighted by molar-refractivity contribution is -0.115. The van der Waals surface area contributed by atoms with Crippen LogP contribution in [0.15, 0.2) is 23.1 Å². The molecule has 2 heterocycles. The van der Waals surface area contributed by atoms with Gasteiger partial charge < -0.3 is 10.2 Å². The van der Waals surface area contributed by atoms with E-state index in [1.165, 1.54) is 18.2 Å². The maximum absolute atomic E-state index is 12.7. The molecule has 0 aliphatic carbocycles. The third-order valence-corrected chi connectivity index (χ3v) is 5.49. The second-order valence-corrected chi connectivity index (χ2v) is 8.00. The molecule has 3 unspecified atom stereocenters. The zero-order valence-electron chi connectivity index (χ0n) is 13.3. The maximum atomic E-state index is 12.7. The number of benzene rings is 1. The number of thioether (sulfide) groups is 1. The molecule has 0 saturated carbocycles. The number of piperidine rings is 1. The number of nitrogens with one attached hydrogen (secondary N) is 1. The monoisotopic (exact) mass is 318 g/mol. The molecule has 0 spiro atoms. The number of carbonyl (C=O) groups excluding carboxylic acids is 2. The Hall–Kier alpha value is -1.49. The van der Waals surface area contributed by atoms with E-state index in [-0.39, 0.29) is 17.1 Å². The van der Waals surface area contributed by atoms with Gasteiger partial charge in [0.2, 0.25) is 5.91 Å². The number of hydrogen-bond donors (Lipinski definition) is 1. The van der Waals surface area contributed by atoms with E-state index < -0.39 is 0 Å². The molecule has 118 valence electrons. The minimum atomic E-state index is -0.0853. The van der Waals surface area contributed by atoms with Crippen LogP contribution in [0.25, 0.3) is 0 Å². The first-order valence-electron chi connectivity index (χ1n) is 7.85. The van der Waals surface area contributed by atoms with Crippen molar-refractivity contribution in [2.45, 2.75) is 37.3 Å². The normalized spacial score (nSPS) is 28.0. The molecule has 2 amide bonds. The molecule has 1 aromatic carbocycles. The van der Waals surface area contributed by atoms with Gasteiger partial charge in [-0.25, -0.2) is 0 Å². The molecule has 2 aliphatic rings. The van der Waals surface area contributed by atoms with E-state index in [0.717, 1.165) is 23.7 Å². The molecule has 3 rings (SSSR count). The predicted molar refractivity (Wildman–Crippen MR) is 89.2 cm³/mol. The molecule has 3 atom stereocenters. The molecule has 1 fully saturated rings. The van der Waals surface area contributed by atoms with E-state index in [9.17, 15) is 9.59 Å². The first-order valence-corrected chi connectivity index (χ1v) is 8.73. The fraction of sp³-hybridized carbons (Fsp3) is 0.529. The minimum absolute atomic E-state index is 0.00214. The number of amides is 2. The summed E-state index contributed by atoms with van der Waals surface area (Å²) in [7, 11) is 0. The standard InChI is InChI=1S/C17H22N2O2S/c1-10-6-11(2)9-19(8-10)17(21)13-4-5-15-14(7-13)18-16(20)12(3)22-15/h4-5,7,10-12H,6,8-9H2,1-3H3,(H,18,20). The van der Waals surface area contributed by atoms with Crippen LogP contribution in [-0.4, -0.2) is 35.1 Å². The molecule has 0 radical (unpaired) electrons. The zero-order valence-corrected chi connectivity index (χ0v) is 14.1. The lowest BCUT2D eigenvalue weighted by atomic mass is 9.91. The number of rotatable bonds is 1. The SMILES string of the molecule is CC1CC(C)CN(C(=O)c2ccc3c(c2)NC(=O)C(C)S3)C1. The molecule has 1 N–H and O–H groups in total. The van der Waals surface area contributed by atoms with Crippen molar-refractivity contribution < 1.29 is 9.59 Å². The van der Waals surface area contributed by atoms with Gasteiger partial charge in [0.15, 0.2) is 0 Å². The highest BCUT2D eigenvalue weighted by Gasteiger charge is 2.28. The minimum Gasteiger partial charge on any atom is -0.338 e. The van der Waals surface area contributed by atoms with Crippen molar-refractivity contribution in [1.82, 2.24) is 4.90 Å². The van der Waals surface area contributed by atoms with Crippen LogP contribution < -0.4 is 5.32 Å². The van der Waals surface area contributed by atoms with Gasteiger partial charge in [0, 0.05) is 23.5 Å². The largest absolute Gasteiger partial charge is 0.338 e. The Balaban J connectivity index is 1.82. The van der Waals surface area contributed by atoms with Gasteiger partial charge in [-0.1, -0.05) is 13.8 Å². The fourth-order valence-corrected chi connectivity index (χ4v) is 4.28. The van der Waals surface area contributed by atoms with Crippen LogP contribution in [0.3, 0.4) is 0 Å². The first-order chi connectivity index (χ1) is 10.4. The van der Waals surface area contributed by atoms with Crippen molar-refractivity contribution >= 4 is 29.3 Å². The molecule has 1 aromatic rings. The lowest BCUT2D eigenvalue weighted by Crippen LogP contribution is -2.42. The van der Waals surface area contributed by atoms with Crippen LogP contribution in [0.1, 0.15) is 37.6 Å². The van der Waals surface area contributed by atoms with Crippen molar-refractivity contribution in [2.24, 2.45) is 11.8 Å². The van der Waals surface area contributed by atoms with Gasteiger partial charge >= 0.3 is 0 Å². The Bertz CT molecular complexity index is 607. The quantitative estimate of drug-likeness (QED) is 0.865. The molecular weight excluding hydrogens is 296 g/mol. The predicted octanol–water partition coefficient (Wildman–Crippen LogP) is 3.24. The maximum Gasteiger partial charge on any atom is 0.253 e. The van der Waals surface area contributed by atoms with Crippen LogP contribution in [0.2, 0.25) is 0 Å². The van der Waals surface area contributed by atoms with Crippen LogP contribution in [0.5, 0.6) is 0 Å². The third kappa shape index (κ3) is 3.00. The number of anilines is 1. The molecule has 2 aliphatic heterocycles. The average molecular weight is 318 g/mol. The molecule has 4 nitrogen and oxygen atoms in total. The summed E-state index contributed by atoms with van der Waals surface area (Å²) in [4.78, 5) is 27.5. The molecule has 1 saturated heterocycles. The summed E-state index contributed by atoms with van der Waals surface area (Å²) in [5.41, 5.74) is 1.42. The zero-order chi connectivity index (χ0) is 15.9. The summed E-state index contributed by atoms with van der Waals surface area (Å²) in [6.45, 7) is 7.91.